The highest BCUT2D eigenvalue weighted by atomic mass is 16.5. The zero-order valence-electron chi connectivity index (χ0n) is 10.2. The topological polar surface area (TPSA) is 55.6 Å². The second kappa shape index (κ2) is 4.75. The Balaban J connectivity index is 2.19. The minimum absolute atomic E-state index is 0.0156. The smallest absolute Gasteiger partial charge is 0.224 e. The van der Waals surface area contributed by atoms with Gasteiger partial charge in [0.1, 0.15) is 5.75 Å². The lowest BCUT2D eigenvalue weighted by molar-refractivity contribution is -0.127. The normalized spacial score (nSPS) is 24.2. The minimum atomic E-state index is -0.120. The molecule has 4 nitrogen and oxygen atoms in total. The number of carbonyl (C=O) groups excluding carboxylic acids is 1. The third kappa shape index (κ3) is 2.26. The highest BCUT2D eigenvalue weighted by Gasteiger charge is 2.35. The Morgan fingerprint density at radius 1 is 1.41 bits per heavy atom. The van der Waals surface area contributed by atoms with Crippen LogP contribution >= 0.6 is 0 Å². The molecule has 0 bridgehead atoms. The van der Waals surface area contributed by atoms with Crippen molar-refractivity contribution < 1.29 is 9.53 Å². The van der Waals surface area contributed by atoms with Crippen molar-refractivity contribution in [2.24, 2.45) is 5.73 Å². The van der Waals surface area contributed by atoms with Gasteiger partial charge in [-0.2, -0.15) is 0 Å². The van der Waals surface area contributed by atoms with Crippen LogP contribution in [-0.4, -0.2) is 30.5 Å². The van der Waals surface area contributed by atoms with Gasteiger partial charge >= 0.3 is 0 Å². The number of likely N-dealkylation sites (N-methyl/N-ethyl adjacent to an activating group) is 1. The summed E-state index contributed by atoms with van der Waals surface area (Å²) in [6.07, 6.45) is 0.425. The van der Waals surface area contributed by atoms with Gasteiger partial charge in [-0.25, -0.2) is 0 Å². The first-order valence-electron chi connectivity index (χ1n) is 5.87. The molecule has 1 aromatic carbocycles. The van der Waals surface area contributed by atoms with E-state index >= 15 is 0 Å². The summed E-state index contributed by atoms with van der Waals surface area (Å²) < 4.78 is 5.39. The Labute approximate surface area is 101 Å². The van der Waals surface area contributed by atoms with Crippen LogP contribution in [0.25, 0.3) is 0 Å². The molecule has 2 unspecified atom stereocenters. The Morgan fingerprint density at radius 3 is 2.53 bits per heavy atom. The molecular formula is C13H18N2O2. The largest absolute Gasteiger partial charge is 0.494 e. The fourth-order valence-electron chi connectivity index (χ4n) is 2.30. The van der Waals surface area contributed by atoms with Crippen molar-refractivity contribution in [3.05, 3.63) is 29.8 Å². The van der Waals surface area contributed by atoms with Crippen molar-refractivity contribution in [1.29, 1.82) is 0 Å². The van der Waals surface area contributed by atoms with Gasteiger partial charge in [-0.1, -0.05) is 12.1 Å². The fourth-order valence-corrected chi connectivity index (χ4v) is 2.30. The fraction of sp³-hybridized carbons (Fsp3) is 0.462. The molecule has 92 valence electrons. The number of nitrogens with two attached hydrogens (primary N) is 1. The van der Waals surface area contributed by atoms with Crippen molar-refractivity contribution in [3.63, 3.8) is 0 Å². The predicted molar refractivity (Wildman–Crippen MR) is 65.7 cm³/mol. The molecule has 1 heterocycles. The van der Waals surface area contributed by atoms with Gasteiger partial charge in [0.15, 0.2) is 0 Å². The van der Waals surface area contributed by atoms with E-state index in [-0.39, 0.29) is 18.0 Å². The molecule has 0 aliphatic carbocycles. The maximum atomic E-state index is 11.6. The molecule has 1 aliphatic rings. The van der Waals surface area contributed by atoms with Crippen LogP contribution in [0.2, 0.25) is 0 Å². The zero-order valence-corrected chi connectivity index (χ0v) is 10.2. The summed E-state index contributed by atoms with van der Waals surface area (Å²) in [5.41, 5.74) is 7.06. The molecule has 1 amide bonds. The Morgan fingerprint density at radius 2 is 2.06 bits per heavy atom. The van der Waals surface area contributed by atoms with E-state index in [0.29, 0.717) is 13.0 Å². The Bertz CT molecular complexity index is 402. The summed E-state index contributed by atoms with van der Waals surface area (Å²) in [4.78, 5) is 13.3. The third-order valence-electron chi connectivity index (χ3n) is 3.16. The highest BCUT2D eigenvalue weighted by molar-refractivity contribution is 5.80. The number of amides is 1. The maximum absolute atomic E-state index is 11.6. The third-order valence-corrected chi connectivity index (χ3v) is 3.16. The minimum Gasteiger partial charge on any atom is -0.494 e. The SMILES string of the molecule is CCOc1ccc(C2C(N)CC(=O)N2C)cc1. The van der Waals surface area contributed by atoms with E-state index in [2.05, 4.69) is 0 Å². The second-order valence-corrected chi connectivity index (χ2v) is 4.32. The van der Waals surface area contributed by atoms with Crippen molar-refractivity contribution in [3.8, 4) is 5.75 Å². The van der Waals surface area contributed by atoms with E-state index in [1.165, 1.54) is 0 Å². The highest BCUT2D eigenvalue weighted by Crippen LogP contribution is 2.31. The van der Waals surface area contributed by atoms with Gasteiger partial charge in [0.05, 0.1) is 12.6 Å². The summed E-state index contributed by atoms with van der Waals surface area (Å²) in [6.45, 7) is 2.61. The molecule has 17 heavy (non-hydrogen) atoms. The van der Waals surface area contributed by atoms with Crippen LogP contribution in [-0.2, 0) is 4.79 Å². The molecule has 1 aliphatic heterocycles. The average Bonchev–Trinajstić information content (AvgIpc) is 2.55. The number of nitrogens with zero attached hydrogens (tertiary/aromatic N) is 1. The molecule has 1 saturated heterocycles. The number of benzene rings is 1. The molecule has 4 heteroatoms. The standard InChI is InChI=1S/C13H18N2O2/c1-3-17-10-6-4-9(5-7-10)13-11(14)8-12(16)15(13)2/h4-7,11,13H,3,8,14H2,1-2H3. The van der Waals surface area contributed by atoms with Crippen LogP contribution in [0.1, 0.15) is 24.9 Å². The number of hydrogen-bond donors (Lipinski definition) is 1. The van der Waals surface area contributed by atoms with Crippen LogP contribution in [0.3, 0.4) is 0 Å². The van der Waals surface area contributed by atoms with Crippen molar-refractivity contribution in [1.82, 2.24) is 4.90 Å². The van der Waals surface area contributed by atoms with E-state index in [0.717, 1.165) is 11.3 Å². The maximum Gasteiger partial charge on any atom is 0.224 e. The van der Waals surface area contributed by atoms with Gasteiger partial charge in [0, 0.05) is 19.5 Å². The van der Waals surface area contributed by atoms with E-state index < -0.39 is 0 Å². The van der Waals surface area contributed by atoms with Crippen LogP contribution in [0.4, 0.5) is 0 Å². The van der Waals surface area contributed by atoms with E-state index in [9.17, 15) is 4.79 Å². The first-order valence-corrected chi connectivity index (χ1v) is 5.87. The van der Waals surface area contributed by atoms with Crippen molar-refractivity contribution in [2.75, 3.05) is 13.7 Å². The molecule has 0 radical (unpaired) electrons. The monoisotopic (exact) mass is 234 g/mol. The number of hydrogen-bond acceptors (Lipinski definition) is 3. The van der Waals surface area contributed by atoms with E-state index in [4.69, 9.17) is 10.5 Å². The first-order chi connectivity index (χ1) is 8.13. The summed E-state index contributed by atoms with van der Waals surface area (Å²) in [5.74, 6) is 0.952. The van der Waals surface area contributed by atoms with Gasteiger partial charge in [-0.3, -0.25) is 4.79 Å². The molecule has 0 aromatic heterocycles. The number of ether oxygens (including phenoxy) is 1. The number of rotatable bonds is 3. The lowest BCUT2D eigenvalue weighted by Crippen LogP contribution is -2.30. The number of likely N-dealkylation sites (tertiary alicyclic amines) is 1. The Hall–Kier alpha value is -1.55. The molecule has 1 fully saturated rings. The Kier molecular flexibility index (Phi) is 3.33. The van der Waals surface area contributed by atoms with Gasteiger partial charge in [0.25, 0.3) is 0 Å². The lowest BCUT2D eigenvalue weighted by atomic mass is 10.0. The van der Waals surface area contributed by atoms with Gasteiger partial charge in [0.2, 0.25) is 5.91 Å². The summed E-state index contributed by atoms with van der Waals surface area (Å²) in [5, 5.41) is 0. The average molecular weight is 234 g/mol. The molecule has 0 spiro atoms. The molecule has 1 aromatic rings. The first kappa shape index (κ1) is 11.9. The summed E-state index contributed by atoms with van der Waals surface area (Å²) >= 11 is 0. The van der Waals surface area contributed by atoms with Gasteiger partial charge < -0.3 is 15.4 Å². The number of carbonyl (C=O) groups is 1. The van der Waals surface area contributed by atoms with Gasteiger partial charge in [-0.05, 0) is 24.6 Å². The van der Waals surface area contributed by atoms with Crippen molar-refractivity contribution >= 4 is 5.91 Å². The zero-order chi connectivity index (χ0) is 12.4. The molecule has 0 saturated carbocycles. The molecule has 2 N–H and O–H groups in total. The van der Waals surface area contributed by atoms with Crippen LogP contribution in [0.15, 0.2) is 24.3 Å². The van der Waals surface area contributed by atoms with E-state index in [1.54, 1.807) is 11.9 Å². The van der Waals surface area contributed by atoms with Crippen molar-refractivity contribution in [2.45, 2.75) is 25.4 Å². The summed E-state index contributed by atoms with van der Waals surface area (Å²) in [7, 11) is 1.80. The quantitative estimate of drug-likeness (QED) is 0.858. The van der Waals surface area contributed by atoms with Crippen LogP contribution in [0, 0.1) is 0 Å². The summed E-state index contributed by atoms with van der Waals surface area (Å²) in [6, 6.07) is 7.66. The van der Waals surface area contributed by atoms with Crippen LogP contribution < -0.4 is 10.5 Å². The van der Waals surface area contributed by atoms with Gasteiger partial charge in [-0.15, -0.1) is 0 Å². The molecule has 2 atom stereocenters. The lowest BCUT2D eigenvalue weighted by Gasteiger charge is -2.23. The molecule has 2 rings (SSSR count). The van der Waals surface area contributed by atoms with E-state index in [1.807, 2.05) is 31.2 Å². The predicted octanol–water partition coefficient (Wildman–Crippen LogP) is 1.32. The van der Waals surface area contributed by atoms with Crippen LogP contribution in [0.5, 0.6) is 5.75 Å². The molecular weight excluding hydrogens is 216 g/mol. The second-order valence-electron chi connectivity index (χ2n) is 4.32.